The third-order valence-corrected chi connectivity index (χ3v) is 6.19. The first-order chi connectivity index (χ1) is 14.5. The van der Waals surface area contributed by atoms with Crippen LogP contribution in [0, 0.1) is 6.92 Å². The van der Waals surface area contributed by atoms with Crippen LogP contribution in [-0.4, -0.2) is 11.4 Å². The molecule has 0 aromatic rings. The molecule has 0 aliphatic heterocycles. The van der Waals surface area contributed by atoms with Crippen LogP contribution in [0.2, 0.25) is 0 Å². The SMILES string of the molecule is C=CC(=O)NC([CH2-])(C)CCCCCCCCCCCCCCCCCCCCCC.[Na+]. The Bertz CT molecular complexity index is 394. The first kappa shape index (κ1) is 33.4. The summed E-state index contributed by atoms with van der Waals surface area (Å²) in [4.78, 5) is 11.4. The van der Waals surface area contributed by atoms with E-state index in [1.54, 1.807) is 0 Å². The molecule has 31 heavy (non-hydrogen) atoms. The van der Waals surface area contributed by atoms with Crippen molar-refractivity contribution in [3.63, 3.8) is 0 Å². The molecule has 0 aliphatic rings. The van der Waals surface area contributed by atoms with E-state index in [9.17, 15) is 4.79 Å². The molecule has 0 bridgehead atoms. The van der Waals surface area contributed by atoms with Gasteiger partial charge in [-0.15, -0.1) is 0 Å². The molecular formula is C28H54NNaO. The maximum atomic E-state index is 11.4. The average molecular weight is 444 g/mol. The van der Waals surface area contributed by atoms with Gasteiger partial charge in [0.2, 0.25) is 5.91 Å². The third-order valence-electron chi connectivity index (χ3n) is 6.19. The average Bonchev–Trinajstić information content (AvgIpc) is 2.71. The normalized spacial score (nSPS) is 12.7. The van der Waals surface area contributed by atoms with Crippen molar-refractivity contribution in [1.29, 1.82) is 0 Å². The Morgan fingerprint density at radius 2 is 1.00 bits per heavy atom. The first-order valence-corrected chi connectivity index (χ1v) is 13.3. The fourth-order valence-corrected chi connectivity index (χ4v) is 4.18. The van der Waals surface area contributed by atoms with E-state index in [1.165, 1.54) is 128 Å². The summed E-state index contributed by atoms with van der Waals surface area (Å²) in [5.74, 6) is -0.124. The minimum absolute atomic E-state index is 0. The Hall–Kier alpha value is 0.210. The zero-order chi connectivity index (χ0) is 22.3. The number of amides is 1. The monoisotopic (exact) mass is 443 g/mol. The minimum Gasteiger partial charge on any atom is -0.377 e. The van der Waals surface area contributed by atoms with Gasteiger partial charge in [0.25, 0.3) is 0 Å². The molecule has 0 radical (unpaired) electrons. The Morgan fingerprint density at radius 3 is 1.29 bits per heavy atom. The van der Waals surface area contributed by atoms with Crippen molar-refractivity contribution in [2.24, 2.45) is 0 Å². The van der Waals surface area contributed by atoms with Crippen LogP contribution in [0.5, 0.6) is 0 Å². The second-order valence-electron chi connectivity index (χ2n) is 9.72. The Labute approximate surface area is 218 Å². The van der Waals surface area contributed by atoms with Gasteiger partial charge >= 0.3 is 29.6 Å². The van der Waals surface area contributed by atoms with E-state index in [0.717, 1.165) is 12.8 Å². The first-order valence-electron chi connectivity index (χ1n) is 13.3. The van der Waals surface area contributed by atoms with E-state index in [4.69, 9.17) is 0 Å². The molecule has 3 heteroatoms. The van der Waals surface area contributed by atoms with Gasteiger partial charge in [0.05, 0.1) is 0 Å². The summed E-state index contributed by atoms with van der Waals surface area (Å²) in [5.41, 5.74) is -0.362. The summed E-state index contributed by atoms with van der Waals surface area (Å²) < 4.78 is 0. The quantitative estimate of drug-likeness (QED) is 0.0879. The van der Waals surface area contributed by atoms with Gasteiger partial charge in [-0.2, -0.15) is 0 Å². The fraction of sp³-hybridized carbons (Fsp3) is 0.857. The Morgan fingerprint density at radius 1 is 0.710 bits per heavy atom. The predicted molar refractivity (Wildman–Crippen MR) is 135 cm³/mol. The number of rotatable bonds is 23. The van der Waals surface area contributed by atoms with Crippen molar-refractivity contribution in [1.82, 2.24) is 5.32 Å². The van der Waals surface area contributed by atoms with E-state index < -0.39 is 0 Å². The molecule has 0 saturated carbocycles. The maximum absolute atomic E-state index is 11.4. The van der Waals surface area contributed by atoms with Crippen molar-refractivity contribution < 1.29 is 34.4 Å². The molecule has 1 unspecified atom stereocenters. The smallest absolute Gasteiger partial charge is 0.377 e. The van der Waals surface area contributed by atoms with Crippen LogP contribution in [0.15, 0.2) is 12.7 Å². The van der Waals surface area contributed by atoms with Gasteiger partial charge in [-0.05, 0) is 6.08 Å². The molecule has 0 spiro atoms. The molecule has 0 fully saturated rings. The third kappa shape index (κ3) is 26.3. The summed E-state index contributed by atoms with van der Waals surface area (Å²) in [6.07, 6.45) is 30.3. The molecule has 0 aromatic heterocycles. The van der Waals surface area contributed by atoms with Crippen molar-refractivity contribution in [2.75, 3.05) is 0 Å². The molecule has 0 aliphatic carbocycles. The van der Waals surface area contributed by atoms with Gasteiger partial charge in [-0.1, -0.05) is 161 Å². The van der Waals surface area contributed by atoms with Crippen LogP contribution in [0.3, 0.4) is 0 Å². The molecule has 0 saturated heterocycles. The summed E-state index contributed by atoms with van der Waals surface area (Å²) in [6, 6.07) is 0. The second-order valence-corrected chi connectivity index (χ2v) is 9.72. The number of nitrogens with one attached hydrogen (secondary N) is 1. The number of carbonyl (C=O) groups excluding carboxylic acids is 1. The van der Waals surface area contributed by atoms with Gasteiger partial charge < -0.3 is 12.2 Å². The molecule has 1 atom stereocenters. The predicted octanol–water partition coefficient (Wildman–Crippen LogP) is 6.10. The van der Waals surface area contributed by atoms with Crippen LogP contribution in [0.25, 0.3) is 0 Å². The standard InChI is InChI=1S/C28H54NO.Na/c1-5-7-8-9-10-11-12-13-14-15-16-17-18-19-20-21-22-23-24-25-26-28(3,4)29-27(30)6-2;/h6H,2-3,5,7-26H2,1,4H3,(H,29,30);/q-1;+1. The largest absolute Gasteiger partial charge is 1.00 e. The van der Waals surface area contributed by atoms with Gasteiger partial charge in [-0.25, -0.2) is 0 Å². The van der Waals surface area contributed by atoms with Crippen molar-refractivity contribution >= 4 is 5.91 Å². The topological polar surface area (TPSA) is 29.1 Å². The van der Waals surface area contributed by atoms with E-state index in [0.29, 0.717) is 0 Å². The van der Waals surface area contributed by atoms with Crippen molar-refractivity contribution in [2.45, 2.75) is 154 Å². The molecule has 0 aromatic carbocycles. The van der Waals surface area contributed by atoms with Crippen molar-refractivity contribution in [3.8, 4) is 0 Å². The zero-order valence-electron chi connectivity index (χ0n) is 21.7. The second kappa shape index (κ2) is 24.8. The van der Waals surface area contributed by atoms with Crippen LogP contribution < -0.4 is 34.9 Å². The molecular weight excluding hydrogens is 389 g/mol. The van der Waals surface area contributed by atoms with Crippen LogP contribution in [-0.2, 0) is 4.79 Å². The Kier molecular flexibility index (Phi) is 26.8. The van der Waals surface area contributed by atoms with Gasteiger partial charge in [0, 0.05) is 0 Å². The number of hydrogen-bond acceptors (Lipinski definition) is 1. The summed E-state index contributed by atoms with van der Waals surface area (Å²) >= 11 is 0. The minimum atomic E-state index is -0.362. The van der Waals surface area contributed by atoms with E-state index in [-0.39, 0.29) is 41.0 Å². The molecule has 1 amide bonds. The molecule has 0 rings (SSSR count). The van der Waals surface area contributed by atoms with Crippen LogP contribution in [0.4, 0.5) is 0 Å². The maximum Gasteiger partial charge on any atom is 1.00 e. The van der Waals surface area contributed by atoms with Gasteiger partial charge in [-0.3, -0.25) is 4.79 Å². The van der Waals surface area contributed by atoms with Gasteiger partial charge in [0.15, 0.2) is 0 Å². The summed E-state index contributed by atoms with van der Waals surface area (Å²) in [7, 11) is 0. The summed E-state index contributed by atoms with van der Waals surface area (Å²) in [6.45, 7) is 11.9. The number of hydrogen-bond donors (Lipinski definition) is 1. The fourth-order valence-electron chi connectivity index (χ4n) is 4.18. The molecule has 1 N–H and O–H groups in total. The van der Waals surface area contributed by atoms with E-state index >= 15 is 0 Å². The molecule has 2 nitrogen and oxygen atoms in total. The summed E-state index contributed by atoms with van der Waals surface area (Å²) in [5, 5.41) is 2.90. The van der Waals surface area contributed by atoms with E-state index in [2.05, 4.69) is 25.7 Å². The van der Waals surface area contributed by atoms with Crippen LogP contribution in [0.1, 0.15) is 149 Å². The zero-order valence-corrected chi connectivity index (χ0v) is 23.7. The van der Waals surface area contributed by atoms with Crippen molar-refractivity contribution in [3.05, 3.63) is 19.6 Å². The molecule has 0 heterocycles. The number of carbonyl (C=O) groups is 1. The van der Waals surface area contributed by atoms with E-state index in [1.807, 2.05) is 6.92 Å². The molecule has 178 valence electrons. The Balaban J connectivity index is 0. The van der Waals surface area contributed by atoms with Crippen LogP contribution >= 0.6 is 0 Å². The van der Waals surface area contributed by atoms with Gasteiger partial charge in [0.1, 0.15) is 0 Å². The number of unbranched alkanes of at least 4 members (excludes halogenated alkanes) is 19.